The van der Waals surface area contributed by atoms with Gasteiger partial charge in [0.2, 0.25) is 0 Å². The maximum absolute atomic E-state index is 11.5. The molecule has 6 nitrogen and oxygen atoms in total. The van der Waals surface area contributed by atoms with Gasteiger partial charge in [-0.3, -0.25) is 4.79 Å². The van der Waals surface area contributed by atoms with E-state index in [2.05, 4.69) is 0 Å². The molecule has 27 heavy (non-hydrogen) atoms. The first-order valence-corrected chi connectivity index (χ1v) is 9.12. The molecule has 3 rings (SSSR count). The van der Waals surface area contributed by atoms with Crippen LogP contribution in [0.4, 0.5) is 0 Å². The number of aliphatic hydroxyl groups excluding tert-OH is 1. The minimum Gasteiger partial charge on any atom is -0.462 e. The molecule has 0 saturated carbocycles. The monoisotopic (exact) mass is 372 g/mol. The molecule has 0 amide bonds. The van der Waals surface area contributed by atoms with Crippen molar-refractivity contribution in [3.05, 3.63) is 54.1 Å². The second kappa shape index (κ2) is 8.97. The molecule has 0 spiro atoms. The van der Waals surface area contributed by atoms with Gasteiger partial charge in [0.25, 0.3) is 0 Å². The van der Waals surface area contributed by atoms with Crippen molar-refractivity contribution >= 4 is 18.0 Å². The summed E-state index contributed by atoms with van der Waals surface area (Å²) >= 11 is 0. The van der Waals surface area contributed by atoms with Crippen molar-refractivity contribution in [1.82, 2.24) is 0 Å². The Balaban J connectivity index is 1.67. The number of hydrogen-bond acceptors (Lipinski definition) is 6. The maximum atomic E-state index is 11.5. The normalized spacial score (nSPS) is 30.9. The van der Waals surface area contributed by atoms with E-state index in [0.29, 0.717) is 19.3 Å². The topological polar surface area (TPSA) is 82.1 Å². The van der Waals surface area contributed by atoms with Crippen LogP contribution >= 0.6 is 0 Å². The molecule has 0 bridgehead atoms. The van der Waals surface area contributed by atoms with Crippen LogP contribution in [0.1, 0.15) is 31.7 Å². The molecule has 0 aromatic heterocycles. The summed E-state index contributed by atoms with van der Waals surface area (Å²) < 4.78 is 16.7. The second-order valence-electron chi connectivity index (χ2n) is 6.83. The standard InChI is InChI=1S/C21H24O6/c1-14(22)25-17-11-16(8-7-15-5-3-2-4-6-15)26-18(12-17)13-20-19(23)9-10-21(24)27-20/h2-10,16-20,23H,11-13H2,1H3/b8-7+/t16-,17-,18+,19-,20-/m1/s1. The van der Waals surface area contributed by atoms with Gasteiger partial charge in [-0.1, -0.05) is 42.5 Å². The summed E-state index contributed by atoms with van der Waals surface area (Å²) in [5, 5.41) is 10.0. The minimum atomic E-state index is -0.862. The molecule has 2 aliphatic rings. The van der Waals surface area contributed by atoms with Crippen molar-refractivity contribution in [2.24, 2.45) is 0 Å². The maximum Gasteiger partial charge on any atom is 0.330 e. The van der Waals surface area contributed by atoms with Crippen LogP contribution in [-0.2, 0) is 23.8 Å². The highest BCUT2D eigenvalue weighted by Gasteiger charge is 2.35. The Labute approximate surface area is 158 Å². The van der Waals surface area contributed by atoms with E-state index in [4.69, 9.17) is 14.2 Å². The number of carbonyl (C=O) groups excluding carboxylic acids is 2. The zero-order valence-electron chi connectivity index (χ0n) is 15.2. The Morgan fingerprint density at radius 2 is 2.07 bits per heavy atom. The molecule has 1 aromatic rings. The quantitative estimate of drug-likeness (QED) is 0.800. The summed E-state index contributed by atoms with van der Waals surface area (Å²) in [6, 6.07) is 9.85. The van der Waals surface area contributed by atoms with Gasteiger partial charge in [0.05, 0.1) is 12.2 Å². The smallest absolute Gasteiger partial charge is 0.330 e. The van der Waals surface area contributed by atoms with Gasteiger partial charge in [-0.05, 0) is 11.6 Å². The van der Waals surface area contributed by atoms with Crippen LogP contribution in [0, 0.1) is 0 Å². The van der Waals surface area contributed by atoms with Crippen LogP contribution < -0.4 is 0 Å². The van der Waals surface area contributed by atoms with E-state index >= 15 is 0 Å². The first-order chi connectivity index (χ1) is 13.0. The van der Waals surface area contributed by atoms with Crippen LogP contribution in [-0.4, -0.2) is 47.6 Å². The van der Waals surface area contributed by atoms with Gasteiger partial charge in [-0.2, -0.15) is 0 Å². The predicted molar refractivity (Wildman–Crippen MR) is 98.6 cm³/mol. The molecule has 2 heterocycles. The number of esters is 2. The van der Waals surface area contributed by atoms with Crippen LogP contribution in [0.25, 0.3) is 6.08 Å². The van der Waals surface area contributed by atoms with Gasteiger partial charge in [0, 0.05) is 32.3 Å². The number of aliphatic hydroxyl groups is 1. The van der Waals surface area contributed by atoms with Crippen LogP contribution in [0.2, 0.25) is 0 Å². The molecule has 1 N–H and O–H groups in total. The number of rotatable bonds is 5. The molecule has 144 valence electrons. The summed E-state index contributed by atoms with van der Waals surface area (Å²) in [6.45, 7) is 1.39. The molecule has 2 aliphatic heterocycles. The average molecular weight is 372 g/mol. The van der Waals surface area contributed by atoms with Gasteiger partial charge in [-0.15, -0.1) is 0 Å². The summed E-state index contributed by atoms with van der Waals surface area (Å²) in [5.41, 5.74) is 1.05. The lowest BCUT2D eigenvalue weighted by atomic mass is 9.94. The molecular weight excluding hydrogens is 348 g/mol. The Kier molecular flexibility index (Phi) is 6.42. The Morgan fingerprint density at radius 1 is 1.30 bits per heavy atom. The van der Waals surface area contributed by atoms with Crippen molar-refractivity contribution in [3.8, 4) is 0 Å². The molecule has 0 aliphatic carbocycles. The van der Waals surface area contributed by atoms with Crippen molar-refractivity contribution < 1.29 is 28.9 Å². The lowest BCUT2D eigenvalue weighted by Gasteiger charge is -2.36. The third-order valence-electron chi connectivity index (χ3n) is 4.60. The number of cyclic esters (lactones) is 1. The first-order valence-electron chi connectivity index (χ1n) is 9.12. The number of ether oxygens (including phenoxy) is 3. The van der Waals surface area contributed by atoms with Gasteiger partial charge >= 0.3 is 11.9 Å². The van der Waals surface area contributed by atoms with Crippen molar-refractivity contribution in [2.45, 2.75) is 56.7 Å². The third-order valence-corrected chi connectivity index (χ3v) is 4.60. The van der Waals surface area contributed by atoms with Crippen LogP contribution in [0.15, 0.2) is 48.6 Å². The van der Waals surface area contributed by atoms with Crippen molar-refractivity contribution in [2.75, 3.05) is 0 Å². The molecule has 1 fully saturated rings. The van der Waals surface area contributed by atoms with Crippen molar-refractivity contribution in [1.29, 1.82) is 0 Å². The minimum absolute atomic E-state index is 0.236. The van der Waals surface area contributed by atoms with Gasteiger partial charge < -0.3 is 19.3 Å². The molecule has 1 saturated heterocycles. The van der Waals surface area contributed by atoms with Gasteiger partial charge in [-0.25, -0.2) is 4.79 Å². The summed E-state index contributed by atoms with van der Waals surface area (Å²) in [6.07, 6.45) is 5.62. The van der Waals surface area contributed by atoms with E-state index < -0.39 is 18.2 Å². The second-order valence-corrected chi connectivity index (χ2v) is 6.83. The third kappa shape index (κ3) is 5.77. The largest absolute Gasteiger partial charge is 0.462 e. The van der Waals surface area contributed by atoms with Crippen molar-refractivity contribution in [3.63, 3.8) is 0 Å². The highest BCUT2D eigenvalue weighted by Crippen LogP contribution is 2.28. The lowest BCUT2D eigenvalue weighted by molar-refractivity contribution is -0.163. The number of hydrogen-bond donors (Lipinski definition) is 1. The van der Waals surface area contributed by atoms with E-state index in [0.717, 1.165) is 5.56 Å². The molecule has 5 atom stereocenters. The number of carbonyl (C=O) groups is 2. The summed E-state index contributed by atoms with van der Waals surface area (Å²) in [7, 11) is 0. The van der Waals surface area contributed by atoms with E-state index in [9.17, 15) is 14.7 Å². The zero-order valence-corrected chi connectivity index (χ0v) is 15.2. The molecule has 0 radical (unpaired) electrons. The summed E-state index contributed by atoms with van der Waals surface area (Å²) in [5.74, 6) is -0.809. The Bertz CT molecular complexity index is 711. The van der Waals surface area contributed by atoms with E-state index in [1.807, 2.05) is 42.5 Å². The first kappa shape index (κ1) is 19.3. The highest BCUT2D eigenvalue weighted by molar-refractivity contribution is 5.83. The fraction of sp³-hybridized carbons (Fsp3) is 0.429. The van der Waals surface area contributed by atoms with E-state index in [1.54, 1.807) is 0 Å². The fourth-order valence-electron chi connectivity index (χ4n) is 3.40. The molecule has 1 aromatic carbocycles. The summed E-state index contributed by atoms with van der Waals surface area (Å²) in [4.78, 5) is 22.8. The van der Waals surface area contributed by atoms with Crippen LogP contribution in [0.5, 0.6) is 0 Å². The SMILES string of the molecule is CC(=O)O[C@H]1C[C@@H](C[C@H]2OC(=O)C=C[C@H]2O)O[C@H](/C=C/c2ccccc2)C1. The van der Waals surface area contributed by atoms with Gasteiger partial charge in [0.15, 0.2) is 0 Å². The van der Waals surface area contributed by atoms with Gasteiger partial charge in [0.1, 0.15) is 18.3 Å². The predicted octanol–water partition coefficient (Wildman–Crippen LogP) is 2.41. The Morgan fingerprint density at radius 3 is 2.81 bits per heavy atom. The molecular formula is C21H24O6. The zero-order chi connectivity index (χ0) is 19.2. The molecule has 6 heteroatoms. The lowest BCUT2D eigenvalue weighted by Crippen LogP contribution is -2.42. The van der Waals surface area contributed by atoms with Crippen LogP contribution in [0.3, 0.4) is 0 Å². The number of benzene rings is 1. The molecule has 0 unspecified atom stereocenters. The Hall–Kier alpha value is -2.44. The van der Waals surface area contributed by atoms with E-state index in [-0.39, 0.29) is 24.3 Å². The highest BCUT2D eigenvalue weighted by atomic mass is 16.6. The fourth-order valence-corrected chi connectivity index (χ4v) is 3.40. The van der Waals surface area contributed by atoms with E-state index in [1.165, 1.54) is 19.1 Å². The average Bonchev–Trinajstić information content (AvgIpc) is 2.63.